The fraction of sp³-hybridized carbons (Fsp3) is 0.500. The monoisotopic (exact) mass is 401 g/mol. The van der Waals surface area contributed by atoms with Gasteiger partial charge in [0.05, 0.1) is 12.6 Å². The molecule has 2 bridgehead atoms. The van der Waals surface area contributed by atoms with Gasteiger partial charge in [-0.25, -0.2) is 0 Å². The molecule has 3 rings (SSSR count). The Hall–Kier alpha value is -2.51. The van der Waals surface area contributed by atoms with E-state index in [1.807, 2.05) is 40.7 Å². The average Bonchev–Trinajstić information content (AvgIpc) is 2.98. The highest BCUT2D eigenvalue weighted by Gasteiger charge is 2.50. The first-order valence-corrected chi connectivity index (χ1v) is 9.73. The summed E-state index contributed by atoms with van der Waals surface area (Å²) in [5, 5.41) is 12.4. The fourth-order valence-electron chi connectivity index (χ4n) is 4.01. The van der Waals surface area contributed by atoms with E-state index in [9.17, 15) is 19.5 Å². The molecule has 5 atom stereocenters. The number of rotatable bonds is 4. The first-order valence-electron chi connectivity index (χ1n) is 9.73. The molecule has 1 amide bonds. The number of ketones is 2. The highest BCUT2D eigenvalue weighted by atomic mass is 16.7. The van der Waals surface area contributed by atoms with Gasteiger partial charge in [-0.15, -0.1) is 0 Å². The van der Waals surface area contributed by atoms with Gasteiger partial charge in [0.2, 0.25) is 0 Å². The Morgan fingerprint density at radius 3 is 2.62 bits per heavy atom. The largest absolute Gasteiger partial charge is 0.507 e. The van der Waals surface area contributed by atoms with Crippen molar-refractivity contribution in [2.45, 2.75) is 52.6 Å². The van der Waals surface area contributed by atoms with Crippen LogP contribution in [0.5, 0.6) is 0 Å². The number of hydrogen-bond acceptors (Lipinski definition) is 6. The Morgan fingerprint density at radius 2 is 2.00 bits per heavy atom. The van der Waals surface area contributed by atoms with Crippen molar-refractivity contribution >= 4 is 17.5 Å². The number of nitrogens with one attached hydrogen (secondary N) is 1. The van der Waals surface area contributed by atoms with Crippen molar-refractivity contribution in [3.05, 3.63) is 46.8 Å². The maximum absolute atomic E-state index is 12.3. The molecule has 3 heterocycles. The third-order valence-electron chi connectivity index (χ3n) is 5.78. The maximum Gasteiger partial charge on any atom is 0.259 e. The molecule has 0 radical (unpaired) electrons. The van der Waals surface area contributed by atoms with Crippen LogP contribution in [0.2, 0.25) is 0 Å². The number of aliphatic hydroxyl groups excluding tert-OH is 1. The first-order chi connectivity index (χ1) is 13.5. The van der Waals surface area contributed by atoms with E-state index in [1.54, 1.807) is 12.2 Å². The van der Waals surface area contributed by atoms with Crippen LogP contribution in [0.4, 0.5) is 0 Å². The number of aliphatic hydroxyl groups is 1. The Bertz CT molecular complexity index is 862. The predicted molar refractivity (Wildman–Crippen MR) is 106 cm³/mol. The minimum absolute atomic E-state index is 0.0368. The van der Waals surface area contributed by atoms with Crippen molar-refractivity contribution in [3.63, 3.8) is 0 Å². The lowest BCUT2D eigenvalue weighted by molar-refractivity contribution is -0.309. The normalized spacial score (nSPS) is 35.6. The molecule has 0 saturated carbocycles. The Labute approximate surface area is 170 Å². The molecule has 2 saturated heterocycles. The van der Waals surface area contributed by atoms with Crippen molar-refractivity contribution in [2.24, 2.45) is 11.8 Å². The number of Topliss-reactive ketones (excluding diaryl/α,β-unsaturated/α-hetero) is 1. The molecule has 3 aliphatic heterocycles. The second-order valence-corrected chi connectivity index (χ2v) is 8.12. The summed E-state index contributed by atoms with van der Waals surface area (Å²) in [4.78, 5) is 35.6. The Morgan fingerprint density at radius 1 is 1.31 bits per heavy atom. The van der Waals surface area contributed by atoms with E-state index >= 15 is 0 Å². The second-order valence-electron chi connectivity index (χ2n) is 8.12. The van der Waals surface area contributed by atoms with Crippen LogP contribution in [0.1, 0.15) is 34.6 Å². The van der Waals surface area contributed by atoms with Gasteiger partial charge in [-0.3, -0.25) is 14.4 Å². The van der Waals surface area contributed by atoms with Gasteiger partial charge in [-0.1, -0.05) is 31.6 Å². The molecule has 2 fully saturated rings. The molecule has 0 aliphatic carbocycles. The van der Waals surface area contributed by atoms with E-state index in [-0.39, 0.29) is 41.6 Å². The zero-order valence-corrected chi connectivity index (χ0v) is 17.3. The summed E-state index contributed by atoms with van der Waals surface area (Å²) in [5.74, 6) is -2.46. The minimum atomic E-state index is -0.916. The average molecular weight is 401 g/mol. The van der Waals surface area contributed by atoms with E-state index in [4.69, 9.17) is 9.47 Å². The molecule has 0 aromatic heterocycles. The molecule has 0 aromatic rings. The van der Waals surface area contributed by atoms with Crippen LogP contribution >= 0.6 is 0 Å². The lowest BCUT2D eigenvalue weighted by atomic mass is 9.82. The molecule has 2 N–H and O–H groups in total. The van der Waals surface area contributed by atoms with E-state index in [0.29, 0.717) is 0 Å². The number of amides is 1. The Balaban J connectivity index is 1.77. The van der Waals surface area contributed by atoms with Crippen molar-refractivity contribution in [2.75, 3.05) is 6.54 Å². The van der Waals surface area contributed by atoms with Gasteiger partial charge in [-0.05, 0) is 38.5 Å². The van der Waals surface area contributed by atoms with Crippen molar-refractivity contribution in [1.29, 1.82) is 0 Å². The van der Waals surface area contributed by atoms with Gasteiger partial charge >= 0.3 is 0 Å². The lowest BCUT2D eigenvalue weighted by Crippen LogP contribution is -2.58. The van der Waals surface area contributed by atoms with Gasteiger partial charge in [0.1, 0.15) is 17.4 Å². The standard InChI is InChI=1S/C22H27NO6/c1-11(6-7-15(24)18-17(26)10-23-21(18)27)8-12(2)19-14(4)20-16(25)9-13(3)22(5,28-19)29-20/h6-9,12,14,19-20,24H,10H2,1-5H3,(H,23,27)/b7-6+,11-8+,18-15+/t12-,14?,19?,20?,22?/m1/s1. The summed E-state index contributed by atoms with van der Waals surface area (Å²) in [6.07, 6.45) is 5.79. The van der Waals surface area contributed by atoms with Crippen LogP contribution in [0.25, 0.3) is 0 Å². The molecular weight excluding hydrogens is 374 g/mol. The molecule has 7 nitrogen and oxygen atoms in total. The van der Waals surface area contributed by atoms with Gasteiger partial charge in [0, 0.05) is 11.8 Å². The third-order valence-corrected chi connectivity index (χ3v) is 5.78. The molecule has 0 aromatic carbocycles. The van der Waals surface area contributed by atoms with Crippen molar-refractivity contribution < 1.29 is 29.0 Å². The summed E-state index contributed by atoms with van der Waals surface area (Å²) < 4.78 is 12.2. The van der Waals surface area contributed by atoms with Crippen LogP contribution in [0.3, 0.4) is 0 Å². The van der Waals surface area contributed by atoms with Gasteiger partial charge in [-0.2, -0.15) is 0 Å². The summed E-state index contributed by atoms with van der Waals surface area (Å²) in [7, 11) is 0. The van der Waals surface area contributed by atoms with E-state index in [1.165, 1.54) is 6.08 Å². The minimum Gasteiger partial charge on any atom is -0.507 e. The number of hydrogen-bond donors (Lipinski definition) is 2. The summed E-state index contributed by atoms with van der Waals surface area (Å²) in [5.41, 5.74) is 1.36. The number of fused-ring (bicyclic) bond motifs is 2. The molecule has 7 heteroatoms. The number of ether oxygens (including phenoxy) is 2. The molecular formula is C22H27NO6. The Kier molecular flexibility index (Phi) is 5.65. The van der Waals surface area contributed by atoms with Crippen LogP contribution < -0.4 is 5.32 Å². The zero-order valence-electron chi connectivity index (χ0n) is 17.3. The van der Waals surface area contributed by atoms with Crippen LogP contribution in [-0.2, 0) is 23.9 Å². The van der Waals surface area contributed by atoms with Crippen molar-refractivity contribution in [1.82, 2.24) is 5.32 Å². The van der Waals surface area contributed by atoms with Gasteiger partial charge < -0.3 is 19.9 Å². The molecule has 4 unspecified atom stereocenters. The second kappa shape index (κ2) is 7.72. The first kappa shape index (κ1) is 21.2. The predicted octanol–water partition coefficient (Wildman–Crippen LogP) is 2.30. The third kappa shape index (κ3) is 3.97. The fourth-order valence-corrected chi connectivity index (χ4v) is 4.01. The lowest BCUT2D eigenvalue weighted by Gasteiger charge is -2.49. The highest BCUT2D eigenvalue weighted by molar-refractivity contribution is 6.25. The molecule has 29 heavy (non-hydrogen) atoms. The maximum atomic E-state index is 12.3. The zero-order chi connectivity index (χ0) is 21.5. The number of allylic oxidation sites excluding steroid dienone is 3. The highest BCUT2D eigenvalue weighted by Crippen LogP contribution is 2.42. The SMILES string of the molecule is CC1=CC(=O)C2OC1(C)OC([C@H](C)/C=C(C)/C=C/C(O)=C1/C(=O)CNC1=O)C2C. The van der Waals surface area contributed by atoms with Crippen molar-refractivity contribution in [3.8, 4) is 0 Å². The number of carbonyl (C=O) groups is 3. The molecule has 0 spiro atoms. The summed E-state index contributed by atoms with van der Waals surface area (Å²) in [6, 6.07) is 0. The topological polar surface area (TPSA) is 102 Å². The van der Waals surface area contributed by atoms with Gasteiger partial charge in [0.15, 0.2) is 17.4 Å². The summed E-state index contributed by atoms with van der Waals surface area (Å²) >= 11 is 0. The molecule has 3 aliphatic rings. The van der Waals surface area contributed by atoms with Crippen LogP contribution in [0, 0.1) is 11.8 Å². The quantitative estimate of drug-likeness (QED) is 0.324. The van der Waals surface area contributed by atoms with E-state index in [0.717, 1.165) is 11.1 Å². The van der Waals surface area contributed by atoms with Crippen LogP contribution in [-0.4, -0.2) is 47.1 Å². The smallest absolute Gasteiger partial charge is 0.259 e. The van der Waals surface area contributed by atoms with Gasteiger partial charge in [0.25, 0.3) is 5.91 Å². The van der Waals surface area contributed by atoms with E-state index in [2.05, 4.69) is 5.32 Å². The van der Waals surface area contributed by atoms with E-state index < -0.39 is 23.6 Å². The molecule has 156 valence electrons. The van der Waals surface area contributed by atoms with Crippen LogP contribution in [0.15, 0.2) is 46.8 Å². The summed E-state index contributed by atoms with van der Waals surface area (Å²) in [6.45, 7) is 9.35. The number of carbonyl (C=O) groups excluding carboxylic acids is 3.